The Hall–Kier alpha value is -2.05. The number of likely N-dealkylation sites (N-methyl/N-ethyl adjacent to an activating group) is 1. The number of hydroxylamine groups is 3. The van der Waals surface area contributed by atoms with Crippen molar-refractivity contribution in [1.29, 1.82) is 0 Å². The van der Waals surface area contributed by atoms with Gasteiger partial charge in [0.05, 0.1) is 32.7 Å². The van der Waals surface area contributed by atoms with E-state index in [1.807, 2.05) is 13.0 Å². The number of fused-ring (bicyclic) bond motifs is 2. The number of carbonyl (C=O) groups excluding carboxylic acids is 1. The SMILES string of the molecule is C/C=C1/C[N+]2([O-])CC[C@@]34c5ccc(OC)cc5N(C)[C@H]3[C@@H]2C[C@H]1C4C(=O)OC. The first kappa shape index (κ1) is 18.0. The molecule has 6 heteroatoms. The van der Waals surface area contributed by atoms with Gasteiger partial charge in [-0.05, 0) is 24.1 Å². The maximum absolute atomic E-state index is 13.9. The summed E-state index contributed by atoms with van der Waals surface area (Å²) in [6.45, 7) is 3.05. The van der Waals surface area contributed by atoms with Crippen molar-refractivity contribution in [3.63, 3.8) is 0 Å². The molecule has 3 heterocycles. The van der Waals surface area contributed by atoms with Gasteiger partial charge in [-0.25, -0.2) is 0 Å². The van der Waals surface area contributed by atoms with E-state index in [-0.39, 0.29) is 40.0 Å². The van der Waals surface area contributed by atoms with Gasteiger partial charge in [0.1, 0.15) is 18.3 Å². The van der Waals surface area contributed by atoms with Crippen LogP contribution in [0.25, 0.3) is 0 Å². The van der Waals surface area contributed by atoms with Crippen LogP contribution in [0.3, 0.4) is 0 Å². The third-order valence-corrected chi connectivity index (χ3v) is 8.11. The molecule has 3 bridgehead atoms. The van der Waals surface area contributed by atoms with E-state index in [1.54, 1.807) is 7.11 Å². The Balaban J connectivity index is 1.78. The van der Waals surface area contributed by atoms with Crippen LogP contribution < -0.4 is 9.64 Å². The molecule has 150 valence electrons. The molecular formula is C22H28N2O4. The Labute approximate surface area is 165 Å². The minimum absolute atomic E-state index is 0.0135. The van der Waals surface area contributed by atoms with Gasteiger partial charge in [-0.1, -0.05) is 12.1 Å². The highest BCUT2D eigenvalue weighted by Crippen LogP contribution is 2.65. The number of piperidine rings is 2. The van der Waals surface area contributed by atoms with E-state index in [4.69, 9.17) is 9.47 Å². The quantitative estimate of drug-likeness (QED) is 0.339. The Morgan fingerprint density at radius 2 is 2.18 bits per heavy atom. The smallest absolute Gasteiger partial charge is 0.310 e. The Morgan fingerprint density at radius 3 is 2.86 bits per heavy atom. The van der Waals surface area contributed by atoms with Crippen molar-refractivity contribution in [2.24, 2.45) is 11.8 Å². The fraction of sp³-hybridized carbons (Fsp3) is 0.591. The molecule has 3 fully saturated rings. The molecule has 0 spiro atoms. The predicted octanol–water partition coefficient (Wildman–Crippen LogP) is 2.61. The summed E-state index contributed by atoms with van der Waals surface area (Å²) in [5, 5.41) is 13.9. The third kappa shape index (κ3) is 1.93. The molecule has 0 N–H and O–H groups in total. The number of ether oxygens (including phenoxy) is 2. The van der Waals surface area contributed by atoms with Crippen LogP contribution in [0.1, 0.15) is 25.3 Å². The first-order valence-corrected chi connectivity index (χ1v) is 10.1. The number of hydrogen-bond acceptors (Lipinski definition) is 5. The summed E-state index contributed by atoms with van der Waals surface area (Å²) in [6, 6.07) is 6.13. The normalized spacial score (nSPS) is 41.6. The van der Waals surface area contributed by atoms with Gasteiger partial charge in [0.15, 0.2) is 0 Å². The number of benzene rings is 1. The molecule has 1 aliphatic carbocycles. The largest absolute Gasteiger partial charge is 0.632 e. The van der Waals surface area contributed by atoms with Crippen LogP contribution in [0.2, 0.25) is 0 Å². The highest BCUT2D eigenvalue weighted by molar-refractivity contribution is 5.80. The van der Waals surface area contributed by atoms with Crippen LogP contribution in [0, 0.1) is 17.0 Å². The topological polar surface area (TPSA) is 61.8 Å². The van der Waals surface area contributed by atoms with Crippen LogP contribution >= 0.6 is 0 Å². The molecule has 4 aliphatic rings. The van der Waals surface area contributed by atoms with E-state index in [2.05, 4.69) is 30.2 Å². The molecule has 6 nitrogen and oxygen atoms in total. The fourth-order valence-corrected chi connectivity index (χ4v) is 7.04. The summed E-state index contributed by atoms with van der Waals surface area (Å²) in [5.74, 6) is 0.489. The number of anilines is 1. The zero-order valence-electron chi connectivity index (χ0n) is 17.0. The summed E-state index contributed by atoms with van der Waals surface area (Å²) in [6.07, 6.45) is 3.54. The average Bonchev–Trinajstić information content (AvgIpc) is 2.97. The summed E-state index contributed by atoms with van der Waals surface area (Å²) < 4.78 is 10.7. The maximum atomic E-state index is 13.9. The number of quaternary nitrogens is 1. The molecule has 0 radical (unpaired) electrons. The predicted molar refractivity (Wildman–Crippen MR) is 106 cm³/mol. The first-order chi connectivity index (χ1) is 13.4. The van der Waals surface area contributed by atoms with Crippen molar-refractivity contribution in [1.82, 2.24) is 0 Å². The van der Waals surface area contributed by atoms with Crippen molar-refractivity contribution >= 4 is 11.7 Å². The van der Waals surface area contributed by atoms with E-state index >= 15 is 0 Å². The van der Waals surface area contributed by atoms with E-state index in [1.165, 1.54) is 12.7 Å². The molecule has 0 aromatic heterocycles. The molecule has 5 rings (SSSR count). The molecule has 28 heavy (non-hydrogen) atoms. The molecule has 3 aliphatic heterocycles. The monoisotopic (exact) mass is 384 g/mol. The molecule has 1 aromatic rings. The van der Waals surface area contributed by atoms with Gasteiger partial charge in [0.25, 0.3) is 0 Å². The Bertz CT molecular complexity index is 883. The summed E-state index contributed by atoms with van der Waals surface area (Å²) in [7, 11) is 5.22. The summed E-state index contributed by atoms with van der Waals surface area (Å²) in [5.41, 5.74) is 3.01. The third-order valence-electron chi connectivity index (χ3n) is 8.11. The molecule has 1 saturated carbocycles. The van der Waals surface area contributed by atoms with Gasteiger partial charge < -0.3 is 24.2 Å². The molecule has 1 aromatic carbocycles. The lowest BCUT2D eigenvalue weighted by Gasteiger charge is -2.68. The van der Waals surface area contributed by atoms with Crippen molar-refractivity contribution < 1.29 is 18.9 Å². The van der Waals surface area contributed by atoms with E-state index in [0.717, 1.165) is 23.4 Å². The second-order valence-corrected chi connectivity index (χ2v) is 8.84. The highest BCUT2D eigenvalue weighted by atomic mass is 16.5. The standard InChI is InChI=1S/C22H28N2O4/c1-5-13-12-24(26)9-8-22-16-7-6-14(27-3)10-17(16)23(2)20(22)18(24)11-15(13)19(22)21(25)28-4/h5-7,10,15,18-20H,8-9,11-12H2,1-4H3/b13-5-/t15-,18+,19?,20+,22+,24?/m1/s1. The zero-order valence-corrected chi connectivity index (χ0v) is 17.0. The summed E-state index contributed by atoms with van der Waals surface area (Å²) >= 11 is 0. The fourth-order valence-electron chi connectivity index (χ4n) is 7.04. The number of methoxy groups -OCH3 is 2. The number of hydrogen-bond donors (Lipinski definition) is 0. The van der Waals surface area contributed by atoms with Crippen LogP contribution in [0.15, 0.2) is 29.8 Å². The second-order valence-electron chi connectivity index (χ2n) is 8.84. The number of rotatable bonds is 2. The van der Waals surface area contributed by atoms with Gasteiger partial charge in [-0.15, -0.1) is 0 Å². The Morgan fingerprint density at radius 1 is 1.39 bits per heavy atom. The lowest BCUT2D eigenvalue weighted by Crippen LogP contribution is -2.77. The van der Waals surface area contributed by atoms with Gasteiger partial charge >= 0.3 is 5.97 Å². The molecule has 2 unspecified atom stereocenters. The summed E-state index contributed by atoms with van der Waals surface area (Å²) in [4.78, 5) is 15.4. The molecule has 6 atom stereocenters. The number of nitrogens with zero attached hydrogens (tertiary/aromatic N) is 2. The van der Waals surface area contributed by atoms with Crippen LogP contribution in [0.4, 0.5) is 5.69 Å². The number of carbonyl (C=O) groups is 1. The van der Waals surface area contributed by atoms with E-state index < -0.39 is 0 Å². The van der Waals surface area contributed by atoms with Gasteiger partial charge in [0.2, 0.25) is 0 Å². The second kappa shape index (κ2) is 5.74. The van der Waals surface area contributed by atoms with Gasteiger partial charge in [0, 0.05) is 43.0 Å². The van der Waals surface area contributed by atoms with E-state index in [9.17, 15) is 10.0 Å². The molecular weight excluding hydrogens is 356 g/mol. The average molecular weight is 384 g/mol. The van der Waals surface area contributed by atoms with Crippen LogP contribution in [-0.4, -0.2) is 57.1 Å². The first-order valence-electron chi connectivity index (χ1n) is 10.1. The molecule has 0 amide bonds. The number of esters is 1. The van der Waals surface area contributed by atoms with Crippen molar-refractivity contribution in [2.45, 2.75) is 37.3 Å². The lowest BCUT2D eigenvalue weighted by molar-refractivity contribution is -0.916. The van der Waals surface area contributed by atoms with Crippen molar-refractivity contribution in [3.8, 4) is 5.75 Å². The van der Waals surface area contributed by atoms with Crippen LogP contribution in [0.5, 0.6) is 5.75 Å². The van der Waals surface area contributed by atoms with Gasteiger partial charge in [-0.2, -0.15) is 0 Å². The number of allylic oxidation sites excluding steroid dienone is 1. The minimum Gasteiger partial charge on any atom is -0.632 e. The van der Waals surface area contributed by atoms with Crippen molar-refractivity contribution in [3.05, 3.63) is 40.6 Å². The highest BCUT2D eigenvalue weighted by Gasteiger charge is 2.72. The maximum Gasteiger partial charge on any atom is 0.310 e. The minimum atomic E-state index is -0.377. The van der Waals surface area contributed by atoms with Crippen LogP contribution in [-0.2, 0) is 14.9 Å². The van der Waals surface area contributed by atoms with Crippen molar-refractivity contribution in [2.75, 3.05) is 39.3 Å². The Kier molecular flexibility index (Phi) is 3.69. The zero-order chi connectivity index (χ0) is 19.8. The van der Waals surface area contributed by atoms with Gasteiger partial charge in [-0.3, -0.25) is 4.79 Å². The van der Waals surface area contributed by atoms with E-state index in [0.29, 0.717) is 19.5 Å². The lowest BCUT2D eigenvalue weighted by atomic mass is 9.50. The molecule has 2 saturated heterocycles.